The van der Waals surface area contributed by atoms with Crippen molar-refractivity contribution >= 4 is 16.9 Å². The van der Waals surface area contributed by atoms with Gasteiger partial charge in [0.25, 0.3) is 5.56 Å². The summed E-state index contributed by atoms with van der Waals surface area (Å²) in [4.78, 5) is 29.7. The Hall–Kier alpha value is -2.57. The molecule has 0 aromatic carbocycles. The van der Waals surface area contributed by atoms with Gasteiger partial charge in [-0.05, 0) is 20.3 Å². The lowest BCUT2D eigenvalue weighted by molar-refractivity contribution is 0.532. The van der Waals surface area contributed by atoms with Crippen LogP contribution in [0.25, 0.3) is 16.9 Å². The highest BCUT2D eigenvalue weighted by atomic mass is 16.2. The molecule has 0 aliphatic rings. The van der Waals surface area contributed by atoms with Crippen LogP contribution in [-0.2, 0) is 13.6 Å². The Labute approximate surface area is 133 Å². The fourth-order valence-electron chi connectivity index (χ4n) is 3.04. The molecule has 0 saturated heterocycles. The Bertz CT molecular complexity index is 1030. The highest BCUT2D eigenvalue weighted by Crippen LogP contribution is 2.21. The maximum Gasteiger partial charge on any atom is 0.332 e. The van der Waals surface area contributed by atoms with Crippen LogP contribution in [-0.4, -0.2) is 23.1 Å². The lowest BCUT2D eigenvalue weighted by atomic mass is 10.2. The Kier molecular flexibility index (Phi) is 3.50. The van der Waals surface area contributed by atoms with E-state index in [1.807, 2.05) is 13.1 Å². The van der Waals surface area contributed by atoms with Crippen LogP contribution >= 0.6 is 0 Å². The van der Waals surface area contributed by atoms with Gasteiger partial charge in [0, 0.05) is 31.5 Å². The largest absolute Gasteiger partial charge is 0.332 e. The Balaban J connectivity index is 2.52. The molecule has 0 amide bonds. The molecule has 0 radical (unpaired) electrons. The first-order valence-electron chi connectivity index (χ1n) is 7.72. The molecule has 0 N–H and O–H groups in total. The number of imidazole rings is 2. The second-order valence-corrected chi connectivity index (χ2v) is 5.90. The third-order valence-electron chi connectivity index (χ3n) is 4.41. The number of hydrogen-bond acceptors (Lipinski definition) is 3. The van der Waals surface area contributed by atoms with E-state index in [1.165, 1.54) is 9.13 Å². The minimum Gasteiger partial charge on any atom is -0.311 e. The molecule has 23 heavy (non-hydrogen) atoms. The predicted octanol–water partition coefficient (Wildman–Crippen LogP) is 1.61. The summed E-state index contributed by atoms with van der Waals surface area (Å²) in [6, 6.07) is 0.261. The number of hydrogen-bond donors (Lipinski definition) is 0. The van der Waals surface area contributed by atoms with Gasteiger partial charge in [0.05, 0.1) is 0 Å². The summed E-state index contributed by atoms with van der Waals surface area (Å²) in [6.45, 7) is 10.0. The molecule has 7 heteroatoms. The van der Waals surface area contributed by atoms with E-state index in [1.54, 1.807) is 17.5 Å². The van der Waals surface area contributed by atoms with Gasteiger partial charge >= 0.3 is 5.69 Å². The molecular weight excluding hydrogens is 294 g/mol. The Morgan fingerprint density at radius 2 is 2.09 bits per heavy atom. The molecule has 7 nitrogen and oxygen atoms in total. The van der Waals surface area contributed by atoms with Crippen LogP contribution in [0.1, 0.15) is 32.0 Å². The van der Waals surface area contributed by atoms with E-state index < -0.39 is 0 Å². The minimum absolute atomic E-state index is 0.180. The van der Waals surface area contributed by atoms with E-state index in [-0.39, 0.29) is 23.8 Å². The number of rotatable bonds is 4. The zero-order valence-electron chi connectivity index (χ0n) is 13.9. The zero-order valence-corrected chi connectivity index (χ0v) is 13.9. The Morgan fingerprint density at radius 3 is 2.70 bits per heavy atom. The average Bonchev–Trinajstić information content (AvgIpc) is 3.03. The molecule has 0 fully saturated rings. The van der Waals surface area contributed by atoms with Gasteiger partial charge in [0.2, 0.25) is 5.78 Å². The van der Waals surface area contributed by atoms with E-state index in [2.05, 4.69) is 30.0 Å². The summed E-state index contributed by atoms with van der Waals surface area (Å²) < 4.78 is 6.49. The Morgan fingerprint density at radius 1 is 1.39 bits per heavy atom. The van der Waals surface area contributed by atoms with Gasteiger partial charge in [0.15, 0.2) is 11.2 Å². The smallest absolute Gasteiger partial charge is 0.311 e. The average molecular weight is 315 g/mol. The van der Waals surface area contributed by atoms with Gasteiger partial charge < -0.3 is 4.57 Å². The fourth-order valence-corrected chi connectivity index (χ4v) is 3.04. The maximum atomic E-state index is 12.8. The van der Waals surface area contributed by atoms with Crippen molar-refractivity contribution in [1.29, 1.82) is 0 Å². The first kappa shape index (κ1) is 15.3. The lowest BCUT2D eigenvalue weighted by Crippen LogP contribution is -2.39. The number of allylic oxidation sites excluding steroid dienone is 1. The van der Waals surface area contributed by atoms with Crippen molar-refractivity contribution in [3.8, 4) is 0 Å². The highest BCUT2D eigenvalue weighted by Gasteiger charge is 2.21. The molecule has 3 aromatic rings. The molecule has 1 atom stereocenters. The van der Waals surface area contributed by atoms with Crippen LogP contribution < -0.4 is 11.2 Å². The van der Waals surface area contributed by atoms with Crippen molar-refractivity contribution in [2.75, 3.05) is 0 Å². The predicted molar refractivity (Wildman–Crippen MR) is 90.1 cm³/mol. The first-order valence-corrected chi connectivity index (χ1v) is 7.72. The molecular formula is C16H21N5O2. The molecule has 0 bridgehead atoms. The fraction of sp³-hybridized carbons (Fsp3) is 0.438. The molecule has 1 unspecified atom stereocenters. The molecule has 3 rings (SSSR count). The summed E-state index contributed by atoms with van der Waals surface area (Å²) in [5, 5.41) is 0. The number of aromatic nitrogens is 5. The van der Waals surface area contributed by atoms with E-state index in [0.29, 0.717) is 16.9 Å². The second kappa shape index (κ2) is 5.26. The normalized spacial score (nSPS) is 13.0. The van der Waals surface area contributed by atoms with Crippen LogP contribution in [0.4, 0.5) is 0 Å². The molecule has 122 valence electrons. The SMILES string of the molecule is C=CCn1c(=O)c2c(nc3n(C(C)CC)c(C)cn23)n(C)c1=O. The zero-order chi connectivity index (χ0) is 16.9. The molecule has 0 saturated carbocycles. The molecule has 0 spiro atoms. The third-order valence-corrected chi connectivity index (χ3v) is 4.41. The van der Waals surface area contributed by atoms with Gasteiger partial charge in [-0.1, -0.05) is 13.0 Å². The van der Waals surface area contributed by atoms with Crippen molar-refractivity contribution < 1.29 is 0 Å². The van der Waals surface area contributed by atoms with Crippen LogP contribution in [0.2, 0.25) is 0 Å². The van der Waals surface area contributed by atoms with Crippen molar-refractivity contribution in [3.05, 3.63) is 45.4 Å². The van der Waals surface area contributed by atoms with Gasteiger partial charge in [-0.25, -0.2) is 4.79 Å². The topological polar surface area (TPSA) is 66.2 Å². The lowest BCUT2D eigenvalue weighted by Gasteiger charge is -2.12. The molecule has 3 heterocycles. The minimum atomic E-state index is -0.380. The first-order chi connectivity index (χ1) is 10.9. The summed E-state index contributed by atoms with van der Waals surface area (Å²) in [5.41, 5.74) is 1.15. The standard InChI is InChI=1S/C16H21N5O2/c1-6-8-19-14(22)12-13(18(5)16(19)23)17-15-20(12)9-11(4)21(15)10(3)7-2/h6,9-10H,1,7-8H2,2-5H3. The van der Waals surface area contributed by atoms with Crippen LogP contribution in [0.15, 0.2) is 28.4 Å². The van der Waals surface area contributed by atoms with E-state index in [0.717, 1.165) is 12.1 Å². The number of nitrogens with zero attached hydrogens (tertiary/aromatic N) is 5. The van der Waals surface area contributed by atoms with Gasteiger partial charge in [-0.2, -0.15) is 4.98 Å². The summed E-state index contributed by atoms with van der Waals surface area (Å²) in [6.07, 6.45) is 4.40. The van der Waals surface area contributed by atoms with Crippen molar-refractivity contribution in [2.45, 2.75) is 39.8 Å². The van der Waals surface area contributed by atoms with Crippen molar-refractivity contribution in [1.82, 2.24) is 23.1 Å². The molecule has 0 aliphatic carbocycles. The number of fused-ring (bicyclic) bond motifs is 3. The summed E-state index contributed by atoms with van der Waals surface area (Å²) in [5.74, 6) is 0.690. The van der Waals surface area contributed by atoms with E-state index in [4.69, 9.17) is 0 Å². The van der Waals surface area contributed by atoms with Crippen LogP contribution in [0.5, 0.6) is 0 Å². The van der Waals surface area contributed by atoms with Gasteiger partial charge in [-0.3, -0.25) is 18.3 Å². The monoisotopic (exact) mass is 315 g/mol. The van der Waals surface area contributed by atoms with Crippen molar-refractivity contribution in [3.63, 3.8) is 0 Å². The van der Waals surface area contributed by atoms with Gasteiger partial charge in [-0.15, -0.1) is 6.58 Å². The maximum absolute atomic E-state index is 12.8. The highest BCUT2D eigenvalue weighted by molar-refractivity contribution is 5.75. The van der Waals surface area contributed by atoms with E-state index in [9.17, 15) is 9.59 Å². The molecule has 3 aromatic heterocycles. The van der Waals surface area contributed by atoms with Crippen LogP contribution in [0.3, 0.4) is 0 Å². The van der Waals surface area contributed by atoms with E-state index >= 15 is 0 Å². The van der Waals surface area contributed by atoms with Crippen LogP contribution in [0, 0.1) is 6.92 Å². The number of aryl methyl sites for hydroxylation is 2. The summed E-state index contributed by atoms with van der Waals surface area (Å²) >= 11 is 0. The van der Waals surface area contributed by atoms with Gasteiger partial charge in [0.1, 0.15) is 0 Å². The quantitative estimate of drug-likeness (QED) is 0.687. The molecule has 0 aliphatic heterocycles. The third kappa shape index (κ3) is 1.99. The summed E-state index contributed by atoms with van der Waals surface area (Å²) in [7, 11) is 1.64. The second-order valence-electron chi connectivity index (χ2n) is 5.90. The van der Waals surface area contributed by atoms with Crippen molar-refractivity contribution in [2.24, 2.45) is 7.05 Å².